The van der Waals surface area contributed by atoms with Gasteiger partial charge in [-0.15, -0.1) is 4.91 Å². The molecule has 1 atom stereocenters. The third kappa shape index (κ3) is 3.59. The Morgan fingerprint density at radius 2 is 1.85 bits per heavy atom. The van der Waals surface area contributed by atoms with E-state index in [0.717, 1.165) is 17.1 Å². The molecule has 0 saturated carbocycles. The van der Waals surface area contributed by atoms with Crippen molar-refractivity contribution in [2.75, 3.05) is 12.1 Å². The van der Waals surface area contributed by atoms with Gasteiger partial charge in [-0.1, -0.05) is 40.5 Å². The van der Waals surface area contributed by atoms with Gasteiger partial charge >= 0.3 is 6.18 Å². The lowest BCUT2D eigenvalue weighted by atomic mass is 9.86. The van der Waals surface area contributed by atoms with E-state index in [4.69, 9.17) is 28.0 Å². The van der Waals surface area contributed by atoms with Gasteiger partial charge in [0, 0.05) is 34.6 Å². The summed E-state index contributed by atoms with van der Waals surface area (Å²) in [7, 11) is 1.42. The first kappa shape index (κ1) is 19.4. The van der Waals surface area contributed by atoms with Crippen LogP contribution in [0.25, 0.3) is 0 Å². The van der Waals surface area contributed by atoms with Gasteiger partial charge in [0.15, 0.2) is 0 Å². The number of hydrogen-bond donors (Lipinski definition) is 0. The number of oxime groups is 1. The number of anilines is 1. The van der Waals surface area contributed by atoms with Crippen LogP contribution in [-0.4, -0.2) is 18.9 Å². The predicted octanol–water partition coefficient (Wildman–Crippen LogP) is 5.69. The molecule has 0 radical (unpaired) electrons. The van der Waals surface area contributed by atoms with Crippen LogP contribution >= 0.6 is 23.2 Å². The summed E-state index contributed by atoms with van der Waals surface area (Å²) in [6.45, 7) is 0. The highest BCUT2D eigenvalue weighted by atomic mass is 35.5. The zero-order valence-electron chi connectivity index (χ0n) is 13.8. The highest BCUT2D eigenvalue weighted by Gasteiger charge is 2.62. The molecule has 0 saturated heterocycles. The lowest BCUT2D eigenvalue weighted by molar-refractivity contribution is -0.275. The van der Waals surface area contributed by atoms with E-state index in [0.29, 0.717) is 11.3 Å². The quantitative estimate of drug-likeness (QED) is 0.473. The van der Waals surface area contributed by atoms with Gasteiger partial charge in [-0.05, 0) is 30.3 Å². The van der Waals surface area contributed by atoms with Crippen molar-refractivity contribution < 1.29 is 18.0 Å². The average molecular weight is 418 g/mol. The van der Waals surface area contributed by atoms with E-state index in [2.05, 4.69) is 10.4 Å². The zero-order chi connectivity index (χ0) is 19.8. The van der Waals surface area contributed by atoms with Gasteiger partial charge in [-0.3, -0.25) is 0 Å². The molecule has 0 aliphatic carbocycles. The first-order chi connectivity index (χ1) is 12.7. The molecule has 0 spiro atoms. The molecule has 27 heavy (non-hydrogen) atoms. The number of nitrogens with zero attached hydrogens (tertiary/aromatic N) is 3. The number of nitroso groups, excluding NO2 is 1. The Labute approximate surface area is 162 Å². The van der Waals surface area contributed by atoms with Gasteiger partial charge in [-0.2, -0.15) is 13.2 Å². The second kappa shape index (κ2) is 7.01. The molecule has 1 aliphatic rings. The molecular weight excluding hydrogens is 406 g/mol. The minimum atomic E-state index is -4.77. The Morgan fingerprint density at radius 3 is 2.44 bits per heavy atom. The number of halogens is 5. The van der Waals surface area contributed by atoms with Gasteiger partial charge in [0.1, 0.15) is 0 Å². The molecule has 142 valence electrons. The number of hydrogen-bond acceptors (Lipinski definition) is 4. The van der Waals surface area contributed by atoms with Crippen LogP contribution in [0.2, 0.25) is 10.0 Å². The fourth-order valence-electron chi connectivity index (χ4n) is 2.78. The van der Waals surface area contributed by atoms with E-state index in [9.17, 15) is 18.1 Å². The van der Waals surface area contributed by atoms with Crippen LogP contribution in [0.15, 0.2) is 52.9 Å². The van der Waals surface area contributed by atoms with Crippen molar-refractivity contribution in [1.29, 1.82) is 0 Å². The van der Waals surface area contributed by atoms with Gasteiger partial charge < -0.3 is 4.84 Å². The summed E-state index contributed by atoms with van der Waals surface area (Å²) in [6, 6.07) is 9.88. The average Bonchev–Trinajstić information content (AvgIpc) is 3.07. The molecule has 1 heterocycles. The second-order valence-corrected chi connectivity index (χ2v) is 6.82. The highest BCUT2D eigenvalue weighted by Crippen LogP contribution is 2.49. The summed E-state index contributed by atoms with van der Waals surface area (Å²) >= 11 is 11.8. The van der Waals surface area contributed by atoms with E-state index in [1.165, 1.54) is 19.2 Å². The van der Waals surface area contributed by atoms with Gasteiger partial charge in [0.05, 0.1) is 16.7 Å². The molecule has 0 N–H and O–H groups in total. The summed E-state index contributed by atoms with van der Waals surface area (Å²) in [5, 5.41) is 7.59. The maximum absolute atomic E-state index is 14.0. The van der Waals surface area contributed by atoms with Crippen molar-refractivity contribution in [3.8, 4) is 0 Å². The van der Waals surface area contributed by atoms with Crippen LogP contribution in [0.4, 0.5) is 18.9 Å². The SMILES string of the molecule is CN(N=O)c1cccc(C2=NOC(c3cc(Cl)cc(Cl)c3)(C(F)(F)F)C2)c1. The minimum absolute atomic E-state index is 0.0545. The summed E-state index contributed by atoms with van der Waals surface area (Å²) in [6.07, 6.45) is -5.35. The van der Waals surface area contributed by atoms with Gasteiger partial charge in [0.2, 0.25) is 0 Å². The number of alkyl halides is 3. The topological polar surface area (TPSA) is 54.3 Å². The first-order valence-electron chi connectivity index (χ1n) is 7.62. The number of benzene rings is 2. The second-order valence-electron chi connectivity index (χ2n) is 5.94. The maximum atomic E-state index is 14.0. The lowest BCUT2D eigenvalue weighted by Gasteiger charge is -2.29. The molecular formula is C17H12Cl2F3N3O2. The standard InChI is InChI=1S/C17H12Cl2F3N3O2/c1-25(24-26)14-4-2-3-10(5-14)15-9-16(27-23-15,17(20,21)22)11-6-12(18)8-13(19)7-11/h2-8H,9H2,1H3. The van der Waals surface area contributed by atoms with Crippen molar-refractivity contribution in [3.05, 3.63) is 68.5 Å². The van der Waals surface area contributed by atoms with Gasteiger partial charge in [0.25, 0.3) is 5.60 Å². The Balaban J connectivity index is 2.01. The summed E-state index contributed by atoms with van der Waals surface area (Å²) in [5.74, 6) is 0. The van der Waals surface area contributed by atoms with Crippen LogP contribution in [0.1, 0.15) is 17.5 Å². The van der Waals surface area contributed by atoms with E-state index in [-0.39, 0.29) is 21.3 Å². The molecule has 0 bridgehead atoms. The van der Waals surface area contributed by atoms with E-state index in [1.807, 2.05) is 0 Å². The van der Waals surface area contributed by atoms with E-state index < -0.39 is 18.2 Å². The Bertz CT molecular complexity index is 900. The monoisotopic (exact) mass is 417 g/mol. The fraction of sp³-hybridized carbons (Fsp3) is 0.235. The lowest BCUT2D eigenvalue weighted by Crippen LogP contribution is -2.42. The largest absolute Gasteiger partial charge is 0.435 e. The van der Waals surface area contributed by atoms with Crippen molar-refractivity contribution in [2.45, 2.75) is 18.2 Å². The van der Waals surface area contributed by atoms with Crippen LogP contribution in [-0.2, 0) is 10.4 Å². The fourth-order valence-corrected chi connectivity index (χ4v) is 3.31. The molecule has 2 aromatic carbocycles. The molecule has 10 heteroatoms. The van der Waals surface area contributed by atoms with E-state index >= 15 is 0 Å². The molecule has 0 amide bonds. The molecule has 1 aliphatic heterocycles. The Morgan fingerprint density at radius 1 is 1.19 bits per heavy atom. The Kier molecular flexibility index (Phi) is 5.05. The minimum Gasteiger partial charge on any atom is -0.374 e. The van der Waals surface area contributed by atoms with Crippen LogP contribution < -0.4 is 5.01 Å². The van der Waals surface area contributed by atoms with Crippen molar-refractivity contribution in [1.82, 2.24) is 0 Å². The zero-order valence-corrected chi connectivity index (χ0v) is 15.3. The third-order valence-electron chi connectivity index (χ3n) is 4.19. The highest BCUT2D eigenvalue weighted by molar-refractivity contribution is 6.34. The van der Waals surface area contributed by atoms with Crippen LogP contribution in [0.3, 0.4) is 0 Å². The van der Waals surface area contributed by atoms with Crippen LogP contribution in [0.5, 0.6) is 0 Å². The maximum Gasteiger partial charge on any atom is 0.435 e. The molecule has 2 aromatic rings. The van der Waals surface area contributed by atoms with Crippen molar-refractivity contribution >= 4 is 34.6 Å². The third-order valence-corrected chi connectivity index (χ3v) is 4.63. The Hall–Kier alpha value is -2.32. The predicted molar refractivity (Wildman–Crippen MR) is 97.1 cm³/mol. The van der Waals surface area contributed by atoms with Crippen molar-refractivity contribution in [3.63, 3.8) is 0 Å². The number of rotatable bonds is 4. The first-order valence-corrected chi connectivity index (χ1v) is 8.38. The molecule has 3 rings (SSSR count). The molecule has 1 unspecified atom stereocenters. The normalized spacial score (nSPS) is 19.4. The van der Waals surface area contributed by atoms with Gasteiger partial charge in [-0.25, -0.2) is 5.01 Å². The van der Waals surface area contributed by atoms with Crippen molar-refractivity contribution in [2.24, 2.45) is 10.4 Å². The van der Waals surface area contributed by atoms with Crippen LogP contribution in [0, 0.1) is 4.91 Å². The van der Waals surface area contributed by atoms with E-state index in [1.54, 1.807) is 18.2 Å². The summed E-state index contributed by atoms with van der Waals surface area (Å²) in [4.78, 5) is 15.6. The smallest absolute Gasteiger partial charge is 0.374 e. The molecule has 0 fully saturated rings. The molecule has 0 aromatic heterocycles. The molecule has 5 nitrogen and oxygen atoms in total. The summed E-state index contributed by atoms with van der Waals surface area (Å²) < 4.78 is 41.9. The summed E-state index contributed by atoms with van der Waals surface area (Å²) in [5.41, 5.74) is -2.09.